The van der Waals surface area contributed by atoms with E-state index < -0.39 is 0 Å². The standard InChI is InChI=1S/C17H20N2O2/c1-2-3-4-9-17(21)19-18-12-15-14-8-6-5-7-13(14)10-11-16(15)20/h5-8,10-12,20H,2-4,9H2,1H3,(H,19,21)/b18-12+. The zero-order valence-electron chi connectivity index (χ0n) is 12.2. The van der Waals surface area contributed by atoms with Crippen molar-refractivity contribution in [3.8, 4) is 5.75 Å². The highest BCUT2D eigenvalue weighted by molar-refractivity contribution is 6.02. The van der Waals surface area contributed by atoms with E-state index in [9.17, 15) is 9.90 Å². The van der Waals surface area contributed by atoms with Crippen LogP contribution in [0.5, 0.6) is 5.75 Å². The summed E-state index contributed by atoms with van der Waals surface area (Å²) >= 11 is 0. The number of hydrazone groups is 1. The molecule has 0 aliphatic carbocycles. The number of rotatable bonds is 6. The molecule has 0 unspecified atom stereocenters. The maximum absolute atomic E-state index is 11.6. The number of benzene rings is 2. The average molecular weight is 284 g/mol. The number of phenolic OH excluding ortho intramolecular Hbond substituents is 1. The Labute approximate surface area is 124 Å². The minimum absolute atomic E-state index is 0.0978. The van der Waals surface area contributed by atoms with E-state index in [0.717, 1.165) is 30.0 Å². The van der Waals surface area contributed by atoms with Gasteiger partial charge in [0.1, 0.15) is 5.75 Å². The summed E-state index contributed by atoms with van der Waals surface area (Å²) in [6.45, 7) is 2.10. The molecule has 0 saturated carbocycles. The van der Waals surface area contributed by atoms with Crippen LogP contribution < -0.4 is 5.43 Å². The topological polar surface area (TPSA) is 61.7 Å². The molecular weight excluding hydrogens is 264 g/mol. The fraction of sp³-hybridized carbons (Fsp3) is 0.294. The quantitative estimate of drug-likeness (QED) is 0.484. The molecule has 0 heterocycles. The number of nitrogens with zero attached hydrogens (tertiary/aromatic N) is 1. The Morgan fingerprint density at radius 1 is 1.24 bits per heavy atom. The maximum atomic E-state index is 11.6. The second-order valence-electron chi connectivity index (χ2n) is 4.97. The van der Waals surface area contributed by atoms with Crippen molar-refractivity contribution >= 4 is 22.9 Å². The number of carbonyl (C=O) groups excluding carboxylic acids is 1. The molecule has 0 saturated heterocycles. The van der Waals surface area contributed by atoms with Gasteiger partial charge in [-0.1, -0.05) is 50.1 Å². The van der Waals surface area contributed by atoms with E-state index in [0.29, 0.717) is 12.0 Å². The van der Waals surface area contributed by atoms with Crippen molar-refractivity contribution in [2.24, 2.45) is 5.10 Å². The lowest BCUT2D eigenvalue weighted by Crippen LogP contribution is -2.16. The van der Waals surface area contributed by atoms with E-state index >= 15 is 0 Å². The Bertz CT molecular complexity index is 650. The van der Waals surface area contributed by atoms with E-state index in [4.69, 9.17) is 0 Å². The zero-order chi connectivity index (χ0) is 15.1. The van der Waals surface area contributed by atoms with E-state index in [2.05, 4.69) is 17.5 Å². The van der Waals surface area contributed by atoms with Crippen molar-refractivity contribution < 1.29 is 9.90 Å². The third-order valence-corrected chi connectivity index (χ3v) is 3.34. The largest absolute Gasteiger partial charge is 0.507 e. The molecule has 2 N–H and O–H groups in total. The number of hydrogen-bond donors (Lipinski definition) is 2. The van der Waals surface area contributed by atoms with Crippen molar-refractivity contribution in [2.45, 2.75) is 32.6 Å². The summed E-state index contributed by atoms with van der Waals surface area (Å²) in [6, 6.07) is 11.2. The first-order valence-corrected chi connectivity index (χ1v) is 7.25. The van der Waals surface area contributed by atoms with Crippen molar-refractivity contribution in [2.75, 3.05) is 0 Å². The zero-order valence-corrected chi connectivity index (χ0v) is 12.2. The molecule has 4 nitrogen and oxygen atoms in total. The predicted molar refractivity (Wildman–Crippen MR) is 85.5 cm³/mol. The molecule has 21 heavy (non-hydrogen) atoms. The SMILES string of the molecule is CCCCCC(=O)N/N=C/c1c(O)ccc2ccccc12. The lowest BCUT2D eigenvalue weighted by Gasteiger charge is -2.04. The van der Waals surface area contributed by atoms with Crippen LogP contribution in [0.2, 0.25) is 0 Å². The molecule has 0 radical (unpaired) electrons. The van der Waals surface area contributed by atoms with Gasteiger partial charge in [-0.25, -0.2) is 5.43 Å². The average Bonchev–Trinajstić information content (AvgIpc) is 2.50. The highest BCUT2D eigenvalue weighted by Gasteiger charge is 2.04. The highest BCUT2D eigenvalue weighted by Crippen LogP contribution is 2.25. The summed E-state index contributed by atoms with van der Waals surface area (Å²) in [5, 5.41) is 15.8. The van der Waals surface area contributed by atoms with Crippen molar-refractivity contribution in [1.29, 1.82) is 0 Å². The van der Waals surface area contributed by atoms with Crippen LogP contribution in [-0.2, 0) is 4.79 Å². The summed E-state index contributed by atoms with van der Waals surface area (Å²) in [7, 11) is 0. The molecule has 2 rings (SSSR count). The summed E-state index contributed by atoms with van der Waals surface area (Å²) in [4.78, 5) is 11.6. The second-order valence-corrected chi connectivity index (χ2v) is 4.97. The summed E-state index contributed by atoms with van der Waals surface area (Å²) in [6.07, 6.45) is 4.97. The van der Waals surface area contributed by atoms with Crippen LogP contribution in [0.15, 0.2) is 41.5 Å². The van der Waals surface area contributed by atoms with Gasteiger partial charge < -0.3 is 5.11 Å². The van der Waals surface area contributed by atoms with Gasteiger partial charge in [0.2, 0.25) is 5.91 Å². The molecule has 0 atom stereocenters. The number of amides is 1. The normalized spacial score (nSPS) is 11.1. The Morgan fingerprint density at radius 3 is 2.86 bits per heavy atom. The van der Waals surface area contributed by atoms with Gasteiger partial charge in [-0.15, -0.1) is 0 Å². The second kappa shape index (κ2) is 7.43. The van der Waals surface area contributed by atoms with Crippen LogP contribution in [0.1, 0.15) is 38.2 Å². The number of unbranched alkanes of at least 4 members (excludes halogenated alkanes) is 2. The maximum Gasteiger partial charge on any atom is 0.240 e. The lowest BCUT2D eigenvalue weighted by molar-refractivity contribution is -0.121. The molecule has 0 spiro atoms. The van der Waals surface area contributed by atoms with E-state index in [-0.39, 0.29) is 11.7 Å². The first-order chi connectivity index (χ1) is 10.2. The molecule has 110 valence electrons. The molecule has 2 aromatic carbocycles. The molecule has 4 heteroatoms. The van der Waals surface area contributed by atoms with Gasteiger partial charge in [-0.3, -0.25) is 4.79 Å². The Kier molecular flexibility index (Phi) is 5.32. The molecule has 0 fully saturated rings. The number of fused-ring (bicyclic) bond motifs is 1. The number of carbonyl (C=O) groups is 1. The first kappa shape index (κ1) is 15.0. The fourth-order valence-corrected chi connectivity index (χ4v) is 2.18. The van der Waals surface area contributed by atoms with Gasteiger partial charge in [0.15, 0.2) is 0 Å². The third-order valence-electron chi connectivity index (χ3n) is 3.34. The predicted octanol–water partition coefficient (Wildman–Crippen LogP) is 3.58. The van der Waals surface area contributed by atoms with Crippen LogP contribution in [-0.4, -0.2) is 17.2 Å². The summed E-state index contributed by atoms with van der Waals surface area (Å²) < 4.78 is 0. The van der Waals surface area contributed by atoms with Crippen LogP contribution in [0.4, 0.5) is 0 Å². The van der Waals surface area contributed by atoms with Crippen molar-refractivity contribution in [1.82, 2.24) is 5.43 Å². The van der Waals surface area contributed by atoms with Gasteiger partial charge >= 0.3 is 0 Å². The first-order valence-electron chi connectivity index (χ1n) is 7.25. The third kappa shape index (κ3) is 4.05. The van der Waals surface area contributed by atoms with E-state index in [1.807, 2.05) is 30.3 Å². The van der Waals surface area contributed by atoms with E-state index in [1.54, 1.807) is 6.07 Å². The van der Waals surface area contributed by atoms with Crippen LogP contribution in [0.3, 0.4) is 0 Å². The van der Waals surface area contributed by atoms with Gasteiger partial charge in [-0.2, -0.15) is 5.10 Å². The van der Waals surface area contributed by atoms with Gasteiger partial charge in [-0.05, 0) is 23.3 Å². The number of phenols is 1. The highest BCUT2D eigenvalue weighted by atomic mass is 16.3. The summed E-state index contributed by atoms with van der Waals surface area (Å²) in [5.41, 5.74) is 3.11. The Morgan fingerprint density at radius 2 is 2.05 bits per heavy atom. The monoisotopic (exact) mass is 284 g/mol. The molecular formula is C17H20N2O2. The summed E-state index contributed by atoms with van der Waals surface area (Å²) in [5.74, 6) is 0.0529. The molecule has 0 aliphatic rings. The number of hydrogen-bond acceptors (Lipinski definition) is 3. The molecule has 0 aliphatic heterocycles. The van der Waals surface area contributed by atoms with E-state index in [1.165, 1.54) is 6.21 Å². The number of aromatic hydroxyl groups is 1. The van der Waals surface area contributed by atoms with Crippen molar-refractivity contribution in [3.05, 3.63) is 42.0 Å². The molecule has 0 aromatic heterocycles. The van der Waals surface area contributed by atoms with Gasteiger partial charge in [0, 0.05) is 12.0 Å². The Balaban J connectivity index is 2.07. The minimum atomic E-state index is -0.0978. The van der Waals surface area contributed by atoms with Crippen LogP contribution in [0, 0.1) is 0 Å². The molecule has 1 amide bonds. The molecule has 0 bridgehead atoms. The Hall–Kier alpha value is -2.36. The lowest BCUT2D eigenvalue weighted by atomic mass is 10.0. The fourth-order valence-electron chi connectivity index (χ4n) is 2.18. The smallest absolute Gasteiger partial charge is 0.240 e. The van der Waals surface area contributed by atoms with Crippen LogP contribution in [0.25, 0.3) is 10.8 Å². The number of nitrogens with one attached hydrogen (secondary N) is 1. The van der Waals surface area contributed by atoms with Gasteiger partial charge in [0.25, 0.3) is 0 Å². The van der Waals surface area contributed by atoms with Crippen LogP contribution >= 0.6 is 0 Å². The minimum Gasteiger partial charge on any atom is -0.507 e. The van der Waals surface area contributed by atoms with Crippen molar-refractivity contribution in [3.63, 3.8) is 0 Å². The van der Waals surface area contributed by atoms with Gasteiger partial charge in [0.05, 0.1) is 6.21 Å². The molecule has 2 aromatic rings.